The van der Waals surface area contributed by atoms with E-state index in [0.717, 1.165) is 5.69 Å². The summed E-state index contributed by atoms with van der Waals surface area (Å²) in [6.07, 6.45) is 1.97. The zero-order valence-corrected chi connectivity index (χ0v) is 19.7. The van der Waals surface area contributed by atoms with E-state index < -0.39 is 0 Å². The van der Waals surface area contributed by atoms with Crippen LogP contribution < -0.4 is 0 Å². The number of thiophene rings is 2. The minimum absolute atomic E-state index is 0.0614. The lowest BCUT2D eigenvalue weighted by atomic mass is 9.82. The molecule has 0 atom stereocenters. The highest BCUT2D eigenvalue weighted by atomic mass is 32.1. The van der Waals surface area contributed by atoms with Gasteiger partial charge in [-0.25, -0.2) is 0 Å². The summed E-state index contributed by atoms with van der Waals surface area (Å²) >= 11 is 3.74. The van der Waals surface area contributed by atoms with Crippen molar-refractivity contribution in [2.75, 3.05) is 0 Å². The fourth-order valence-electron chi connectivity index (χ4n) is 4.64. The number of pyridine rings is 1. The summed E-state index contributed by atoms with van der Waals surface area (Å²) in [5.41, 5.74) is 3.73. The van der Waals surface area contributed by atoms with Crippen molar-refractivity contribution in [2.24, 2.45) is 0 Å². The molecule has 0 fully saturated rings. The number of rotatable bonds is 1. The topological polar surface area (TPSA) is 12.9 Å². The number of hydrogen-bond acceptors (Lipinski definition) is 3. The van der Waals surface area contributed by atoms with Crippen molar-refractivity contribution in [1.29, 1.82) is 0 Å². The van der Waals surface area contributed by atoms with Crippen LogP contribution in [0.4, 0.5) is 0 Å². The number of aromatic nitrogens is 1. The third-order valence-corrected chi connectivity index (χ3v) is 8.28. The first-order valence-electron chi connectivity index (χ1n) is 10.6. The van der Waals surface area contributed by atoms with E-state index in [0.29, 0.717) is 0 Å². The summed E-state index contributed by atoms with van der Waals surface area (Å²) in [6, 6.07) is 22.6. The lowest BCUT2D eigenvalue weighted by Gasteiger charge is -2.22. The van der Waals surface area contributed by atoms with Crippen molar-refractivity contribution in [1.82, 2.24) is 4.98 Å². The van der Waals surface area contributed by atoms with Gasteiger partial charge in [0.05, 0.1) is 10.4 Å². The molecule has 3 heteroatoms. The Hall–Kier alpha value is -2.75. The van der Waals surface area contributed by atoms with Crippen LogP contribution in [0.3, 0.4) is 0 Å². The van der Waals surface area contributed by atoms with E-state index in [1.165, 1.54) is 57.0 Å². The molecule has 0 aliphatic heterocycles. The zero-order valence-electron chi connectivity index (χ0n) is 18.1. The van der Waals surface area contributed by atoms with Gasteiger partial charge in [0.25, 0.3) is 0 Å². The van der Waals surface area contributed by atoms with E-state index in [1.807, 2.05) is 28.9 Å². The van der Waals surface area contributed by atoms with Crippen LogP contribution in [-0.4, -0.2) is 4.98 Å². The molecule has 3 heterocycles. The first-order chi connectivity index (χ1) is 14.9. The minimum Gasteiger partial charge on any atom is -0.255 e. The molecular weight excluding hydrogens is 414 g/mol. The molecule has 31 heavy (non-hydrogen) atoms. The predicted molar refractivity (Wildman–Crippen MR) is 139 cm³/mol. The van der Waals surface area contributed by atoms with Crippen LogP contribution in [0.2, 0.25) is 0 Å². The summed E-state index contributed by atoms with van der Waals surface area (Å²) in [5, 5.41) is 6.60. The van der Waals surface area contributed by atoms with Crippen LogP contribution in [0.25, 0.3) is 52.3 Å². The van der Waals surface area contributed by atoms with E-state index >= 15 is 0 Å². The maximum atomic E-state index is 4.89. The monoisotopic (exact) mass is 437 g/mol. The van der Waals surface area contributed by atoms with Gasteiger partial charge in [0.2, 0.25) is 0 Å². The van der Waals surface area contributed by atoms with Gasteiger partial charge >= 0.3 is 0 Å². The lowest BCUT2D eigenvalue weighted by Crippen LogP contribution is -2.12. The van der Waals surface area contributed by atoms with E-state index in [9.17, 15) is 0 Å². The maximum absolute atomic E-state index is 4.89. The second-order valence-electron chi connectivity index (χ2n) is 9.38. The van der Waals surface area contributed by atoms with E-state index in [1.54, 1.807) is 0 Å². The molecule has 6 rings (SSSR count). The Labute approximate surface area is 190 Å². The average Bonchev–Trinajstić information content (AvgIpc) is 3.28. The molecule has 0 saturated heterocycles. The molecule has 0 bridgehead atoms. The number of nitrogens with zero attached hydrogens (tertiary/aromatic N) is 1. The summed E-state index contributed by atoms with van der Waals surface area (Å²) in [7, 11) is 0. The Morgan fingerprint density at radius 1 is 0.742 bits per heavy atom. The van der Waals surface area contributed by atoms with E-state index in [-0.39, 0.29) is 5.41 Å². The lowest BCUT2D eigenvalue weighted by molar-refractivity contribution is 0.596. The molecule has 0 N–H and O–H groups in total. The molecule has 3 aromatic heterocycles. The molecule has 0 amide bonds. The smallest absolute Gasteiger partial charge is 0.0880 e. The Bertz CT molecular complexity index is 1630. The highest BCUT2D eigenvalue weighted by Gasteiger charge is 2.20. The Kier molecular flexibility index (Phi) is 4.05. The van der Waals surface area contributed by atoms with E-state index in [4.69, 9.17) is 4.98 Å². The van der Waals surface area contributed by atoms with Crippen molar-refractivity contribution in [3.8, 4) is 11.3 Å². The fraction of sp³-hybridized carbons (Fsp3) is 0.179. The van der Waals surface area contributed by atoms with Crippen molar-refractivity contribution < 1.29 is 0 Å². The zero-order chi connectivity index (χ0) is 21.3. The van der Waals surface area contributed by atoms with Gasteiger partial charge in [0, 0.05) is 36.8 Å². The largest absolute Gasteiger partial charge is 0.255 e. The molecule has 6 aromatic rings. The highest BCUT2D eigenvalue weighted by molar-refractivity contribution is 7.27. The number of hydrogen-bond donors (Lipinski definition) is 0. The van der Waals surface area contributed by atoms with Crippen LogP contribution in [0.1, 0.15) is 31.2 Å². The van der Waals surface area contributed by atoms with Crippen LogP contribution >= 0.6 is 22.7 Å². The molecule has 0 aliphatic carbocycles. The minimum atomic E-state index is 0.0614. The maximum Gasteiger partial charge on any atom is 0.0880 e. The van der Waals surface area contributed by atoms with Crippen LogP contribution in [0, 0.1) is 6.92 Å². The molecule has 3 aromatic carbocycles. The summed E-state index contributed by atoms with van der Waals surface area (Å²) in [4.78, 5) is 6.25. The molecule has 152 valence electrons. The second kappa shape index (κ2) is 6.62. The molecule has 1 nitrogen and oxygen atoms in total. The first kappa shape index (κ1) is 19.0. The molecule has 0 saturated carbocycles. The first-order valence-corrected chi connectivity index (χ1v) is 12.3. The molecule has 0 aliphatic rings. The van der Waals surface area contributed by atoms with Crippen LogP contribution in [0.15, 0.2) is 66.9 Å². The molecule has 0 unspecified atom stereocenters. The Morgan fingerprint density at radius 2 is 1.58 bits per heavy atom. The summed E-state index contributed by atoms with van der Waals surface area (Å²) in [6.45, 7) is 9.06. The Balaban J connectivity index is 1.67. The molecule has 0 radical (unpaired) electrons. The standard InChI is InChI=1S/C28H23NS2/c1-16-11-18-13-22-21-9-10-29-26(27(21)31-25(22)15-24(18)30-16)19-12-17-7-5-6-8-20(17)23(14-19)28(2,3)4/h5-15H,1-4H3. The molecular formula is C28H23NS2. The fourth-order valence-corrected chi connectivity index (χ4v) is 6.89. The summed E-state index contributed by atoms with van der Waals surface area (Å²) in [5.74, 6) is 0. The third kappa shape index (κ3) is 2.99. The van der Waals surface area contributed by atoms with Crippen molar-refractivity contribution >= 4 is 63.7 Å². The quantitative estimate of drug-likeness (QED) is 0.250. The SMILES string of the molecule is Cc1cc2cc3c(cc2s1)sc1c(-c2cc(C(C)(C)C)c4ccccc4c2)nccc13. The predicted octanol–water partition coefficient (Wildman–Crippen LogP) is 9.09. The van der Waals surface area contributed by atoms with E-state index in [2.05, 4.69) is 88.4 Å². The average molecular weight is 438 g/mol. The summed E-state index contributed by atoms with van der Waals surface area (Å²) < 4.78 is 3.99. The third-order valence-electron chi connectivity index (χ3n) is 6.09. The van der Waals surface area contributed by atoms with Gasteiger partial charge in [0.15, 0.2) is 0 Å². The number of benzene rings is 3. The second-order valence-corrected chi connectivity index (χ2v) is 11.7. The van der Waals surface area contributed by atoms with Gasteiger partial charge in [-0.1, -0.05) is 45.0 Å². The van der Waals surface area contributed by atoms with Crippen LogP contribution in [-0.2, 0) is 5.41 Å². The Morgan fingerprint density at radius 3 is 2.42 bits per heavy atom. The van der Waals surface area contributed by atoms with Gasteiger partial charge in [-0.15, -0.1) is 22.7 Å². The van der Waals surface area contributed by atoms with Gasteiger partial charge in [-0.3, -0.25) is 4.98 Å². The highest BCUT2D eigenvalue weighted by Crippen LogP contribution is 2.43. The number of aryl methyl sites for hydroxylation is 1. The van der Waals surface area contributed by atoms with Crippen molar-refractivity contribution in [2.45, 2.75) is 33.1 Å². The van der Waals surface area contributed by atoms with Gasteiger partial charge in [0.1, 0.15) is 0 Å². The normalized spacial score (nSPS) is 12.5. The number of fused-ring (bicyclic) bond motifs is 5. The van der Waals surface area contributed by atoms with Crippen LogP contribution in [0.5, 0.6) is 0 Å². The van der Waals surface area contributed by atoms with Gasteiger partial charge in [-0.05, 0) is 70.5 Å². The molecule has 0 spiro atoms. The van der Waals surface area contributed by atoms with Crippen molar-refractivity contribution in [3.63, 3.8) is 0 Å². The van der Waals surface area contributed by atoms with Gasteiger partial charge < -0.3 is 0 Å². The van der Waals surface area contributed by atoms with Crippen molar-refractivity contribution in [3.05, 3.63) is 77.3 Å². The van der Waals surface area contributed by atoms with Gasteiger partial charge in [-0.2, -0.15) is 0 Å².